The third-order valence-corrected chi connectivity index (χ3v) is 18.9. The Hall–Kier alpha value is -12.4. The Morgan fingerprint density at radius 3 is 1.19 bits per heavy atom. The number of amides is 11. The molecule has 1 aliphatic heterocycles. The zero-order chi connectivity index (χ0) is 90.0. The lowest BCUT2D eigenvalue weighted by molar-refractivity contribution is -0.117. The third kappa shape index (κ3) is 31.4. The van der Waals surface area contributed by atoms with Crippen LogP contribution in [0.25, 0.3) is 11.1 Å². The SMILES string of the molecule is CC(=O)N1c2ccc(-c3ccc(C(=O)NCCOCCOCCOCCOCCOCCOCCOCCOCCNC(=O)c4nc(NC(=O)CCNC(=O)c5cc(NC(=O)c6nc(NC(=O)CCNC(=O)c7cc(NC(=O)c8nc(NC(=O)CCNC(=O)OC(C)(C)C)cn8C)cn7C)cn6C)cn5C)cn4C)cc3)cc2[C@H](Nc2ccc(Cl)cc2)C[C@@H]1C. The summed E-state index contributed by atoms with van der Waals surface area (Å²) in [5, 5.41) is 30.9. The van der Waals surface area contributed by atoms with Gasteiger partial charge in [0, 0.05) is 153 Å². The lowest BCUT2D eigenvalue weighted by Gasteiger charge is -2.39. The van der Waals surface area contributed by atoms with E-state index in [1.807, 2.05) is 53.4 Å². The van der Waals surface area contributed by atoms with Crippen molar-refractivity contribution >= 4 is 117 Å². The number of fused-ring (bicyclic) bond motifs is 1. The quantitative estimate of drug-likeness (QED) is 0.0185. The van der Waals surface area contributed by atoms with Crippen molar-refractivity contribution in [3.8, 4) is 11.1 Å². The summed E-state index contributed by atoms with van der Waals surface area (Å²) in [6.07, 6.45) is 7.02. The van der Waals surface area contributed by atoms with Crippen LogP contribution in [-0.2, 0) is 97.0 Å². The van der Waals surface area contributed by atoms with Crippen molar-refractivity contribution in [2.75, 3.05) is 175 Å². The first-order chi connectivity index (χ1) is 59.9. The van der Waals surface area contributed by atoms with Crippen molar-refractivity contribution < 1.29 is 95.4 Å². The van der Waals surface area contributed by atoms with E-state index >= 15 is 0 Å². The molecule has 6 heterocycles. The van der Waals surface area contributed by atoms with Gasteiger partial charge in [-0.25, -0.2) is 19.7 Å². The van der Waals surface area contributed by atoms with Crippen molar-refractivity contribution in [1.29, 1.82) is 0 Å². The Balaban J connectivity index is 0.524. The highest BCUT2D eigenvalue weighted by atomic mass is 35.5. The van der Waals surface area contributed by atoms with Crippen LogP contribution < -0.4 is 63.4 Å². The van der Waals surface area contributed by atoms with Crippen molar-refractivity contribution in [2.45, 2.75) is 78.0 Å². The first kappa shape index (κ1) is 96.4. The zero-order valence-electron chi connectivity index (χ0n) is 71.8. The number of rotatable bonds is 50. The van der Waals surface area contributed by atoms with E-state index in [0.29, 0.717) is 110 Å². The van der Waals surface area contributed by atoms with Gasteiger partial charge in [0.25, 0.3) is 35.4 Å². The predicted molar refractivity (Wildman–Crippen MR) is 463 cm³/mol. The number of nitrogens with zero attached hydrogens (tertiary/aromatic N) is 9. The first-order valence-corrected chi connectivity index (χ1v) is 41.1. The second-order valence-electron chi connectivity index (χ2n) is 29.8. The second kappa shape index (κ2) is 48.6. The summed E-state index contributed by atoms with van der Waals surface area (Å²) in [6, 6.07) is 24.0. The molecule has 0 spiro atoms. The molecule has 0 radical (unpaired) electrons. The summed E-state index contributed by atoms with van der Waals surface area (Å²) in [7, 11) is 7.89. The number of nitrogens with one attached hydrogen (secondary N) is 11. The van der Waals surface area contributed by atoms with E-state index in [4.69, 9.17) is 54.2 Å². The molecule has 5 aromatic heterocycles. The number of aryl methyl sites for hydroxylation is 5. The van der Waals surface area contributed by atoms with Gasteiger partial charge in [-0.1, -0.05) is 29.8 Å². The molecule has 0 aliphatic carbocycles. The molecule has 0 saturated heterocycles. The molecule has 8 aromatic rings. The van der Waals surface area contributed by atoms with Gasteiger partial charge in [0.05, 0.1) is 123 Å². The molecule has 11 amide bonds. The van der Waals surface area contributed by atoms with Crippen LogP contribution >= 0.6 is 11.6 Å². The van der Waals surface area contributed by atoms with E-state index in [2.05, 4.69) is 86.4 Å². The van der Waals surface area contributed by atoms with Crippen LogP contribution in [-0.4, -0.2) is 253 Å². The van der Waals surface area contributed by atoms with Gasteiger partial charge in [-0.3, -0.25) is 47.9 Å². The predicted octanol–water partition coefficient (Wildman–Crippen LogP) is 6.35. The Kier molecular flexibility index (Phi) is 37.5. The number of hydrogen-bond acceptors (Lipinski definition) is 24. The summed E-state index contributed by atoms with van der Waals surface area (Å²) in [5.41, 5.74) is 5.42. The normalized spacial score (nSPS) is 13.0. The zero-order valence-corrected chi connectivity index (χ0v) is 72.5. The average Bonchev–Trinajstić information content (AvgIpc) is 1.68. The van der Waals surface area contributed by atoms with Crippen LogP contribution in [0.1, 0.15) is 135 Å². The number of aromatic nitrogens is 8. The lowest BCUT2D eigenvalue weighted by Crippen LogP contribution is -2.43. The summed E-state index contributed by atoms with van der Waals surface area (Å²) in [5.74, 6) is -4.34. The molecule has 0 unspecified atom stereocenters. The Labute approximate surface area is 727 Å². The molecular weight excluding hydrogens is 1640 g/mol. The van der Waals surface area contributed by atoms with Crippen molar-refractivity contribution in [3.63, 3.8) is 0 Å². The van der Waals surface area contributed by atoms with Gasteiger partial charge in [-0.05, 0) is 111 Å². The minimum absolute atomic E-state index is 0.00669. The fraction of sp³-hybridized carbons (Fsp3) is 0.452. The number of benzene rings is 3. The fourth-order valence-corrected chi connectivity index (χ4v) is 12.9. The van der Waals surface area contributed by atoms with Crippen LogP contribution in [0, 0.1) is 0 Å². The maximum Gasteiger partial charge on any atom is 0.407 e. The standard InChI is InChI=1S/C84H111ClN20O20/c1-54-45-64(91-60-18-16-59(85)17-19-60)63-46-58(15-20-65(63)105(54)55(2)106)56-11-13-57(14-12-56)77(110)88-27-29-117-31-33-119-35-37-121-39-41-123-43-44-124-42-40-122-38-36-120-34-32-118-30-28-89-80(113)74-97-68(51-102(74)8)94-71(107)21-24-86-78(111)66-47-61(49-100(66)6)92-81(114)75-98-69(52-103(75)9)95-72(108)22-25-87-79(112)67-48-62(50-101(67)7)93-82(115)76-99-70(53-104(76)10)96-73(109)23-26-90-83(116)125-84(3,4)5/h11-20,46-54,64,91H,21-45H2,1-10H3,(H,86,111)(H,87,112)(H,88,110)(H,89,113)(H,90,116)(H,92,114)(H,93,115)(H,94,107)(H,95,108)(H,96,109)/t54-,64+/m0/s1. The third-order valence-electron chi connectivity index (χ3n) is 18.7. The van der Waals surface area contributed by atoms with E-state index in [1.165, 1.54) is 66.0 Å². The van der Waals surface area contributed by atoms with E-state index in [0.717, 1.165) is 34.5 Å². The maximum absolute atomic E-state index is 13.4. The van der Waals surface area contributed by atoms with Gasteiger partial charge in [-0.2, -0.15) is 0 Å². The van der Waals surface area contributed by atoms with Crippen molar-refractivity contribution in [3.05, 3.63) is 155 Å². The van der Waals surface area contributed by atoms with E-state index < -0.39 is 59.0 Å². The molecule has 0 saturated carbocycles. The van der Waals surface area contributed by atoms with E-state index in [1.54, 1.807) is 75.1 Å². The van der Waals surface area contributed by atoms with Crippen LogP contribution in [0.2, 0.25) is 5.02 Å². The number of carbonyl (C=O) groups is 11. The topological polar surface area (TPSA) is 470 Å². The average molecular weight is 1760 g/mol. The number of imidazole rings is 3. The largest absolute Gasteiger partial charge is 0.444 e. The lowest BCUT2D eigenvalue weighted by atomic mass is 9.88. The summed E-state index contributed by atoms with van der Waals surface area (Å²) in [6.45, 7) is 15.0. The molecule has 0 bridgehead atoms. The highest BCUT2D eigenvalue weighted by Crippen LogP contribution is 2.41. The Morgan fingerprint density at radius 1 is 0.408 bits per heavy atom. The number of hydrogen-bond donors (Lipinski definition) is 11. The molecule has 40 nitrogen and oxygen atoms in total. The summed E-state index contributed by atoms with van der Waals surface area (Å²) < 4.78 is 57.0. The smallest absolute Gasteiger partial charge is 0.407 e. The molecule has 2 atom stereocenters. The molecular formula is C84H111ClN20O20. The molecule has 11 N–H and O–H groups in total. The molecule has 1 aliphatic rings. The number of anilines is 7. The van der Waals surface area contributed by atoms with Gasteiger partial charge in [0.2, 0.25) is 41.1 Å². The molecule has 3 aromatic carbocycles. The van der Waals surface area contributed by atoms with Gasteiger partial charge < -0.3 is 129 Å². The Bertz CT molecular complexity index is 4980. The van der Waals surface area contributed by atoms with Crippen LogP contribution in [0.4, 0.5) is 45.0 Å². The van der Waals surface area contributed by atoms with Crippen molar-refractivity contribution in [1.82, 2.24) is 64.4 Å². The fourth-order valence-electron chi connectivity index (χ4n) is 12.8. The first-order valence-electron chi connectivity index (χ1n) is 40.7. The molecule has 9 rings (SSSR count). The number of carbonyl (C=O) groups excluding carboxylic acids is 11. The van der Waals surface area contributed by atoms with Crippen LogP contribution in [0.3, 0.4) is 0 Å². The minimum Gasteiger partial charge on any atom is -0.444 e. The number of halogens is 1. The van der Waals surface area contributed by atoms with E-state index in [9.17, 15) is 52.7 Å². The highest BCUT2D eigenvalue weighted by Gasteiger charge is 2.33. The molecule has 41 heteroatoms. The van der Waals surface area contributed by atoms with Gasteiger partial charge >= 0.3 is 6.09 Å². The van der Waals surface area contributed by atoms with Crippen molar-refractivity contribution in [2.24, 2.45) is 35.2 Å². The van der Waals surface area contributed by atoms with Crippen LogP contribution in [0.5, 0.6) is 0 Å². The minimum atomic E-state index is -0.696. The molecule has 674 valence electrons. The summed E-state index contributed by atoms with van der Waals surface area (Å²) in [4.78, 5) is 156. The number of alkyl carbamates (subject to hydrolysis) is 1. The van der Waals surface area contributed by atoms with Gasteiger partial charge in [0.15, 0.2) is 17.5 Å². The van der Waals surface area contributed by atoms with Gasteiger partial charge in [-0.15, -0.1) is 0 Å². The number of ether oxygens (including phenoxy) is 9. The maximum atomic E-state index is 13.4. The highest BCUT2D eigenvalue weighted by molar-refractivity contribution is 6.30. The molecule has 125 heavy (non-hydrogen) atoms. The Morgan fingerprint density at radius 2 is 0.784 bits per heavy atom. The summed E-state index contributed by atoms with van der Waals surface area (Å²) >= 11 is 6.14. The second-order valence-corrected chi connectivity index (χ2v) is 30.3. The monoisotopic (exact) mass is 1750 g/mol. The molecule has 0 fully saturated rings. The van der Waals surface area contributed by atoms with Gasteiger partial charge in [0.1, 0.15) is 17.0 Å². The van der Waals surface area contributed by atoms with E-state index in [-0.39, 0.29) is 140 Å². The van der Waals surface area contributed by atoms with Crippen LogP contribution in [0.15, 0.2) is 110 Å².